The number of hydrogen-bond acceptors (Lipinski definition) is 3. The fourth-order valence-electron chi connectivity index (χ4n) is 3.92. The van der Waals surface area contributed by atoms with Crippen LogP contribution in [0, 0.1) is 0 Å². The number of likely N-dealkylation sites (tertiary alicyclic amines) is 1. The SMILES string of the molecule is CN1CCCC1c1c[nH]c2ccc(CCS(=O)(=O)c3ccccc3)cc12. The number of benzene rings is 2. The van der Waals surface area contributed by atoms with E-state index in [1.54, 1.807) is 24.3 Å². The second-order valence-corrected chi connectivity index (χ2v) is 9.25. The highest BCUT2D eigenvalue weighted by atomic mass is 32.2. The molecule has 136 valence electrons. The van der Waals surface area contributed by atoms with E-state index in [9.17, 15) is 8.42 Å². The van der Waals surface area contributed by atoms with Gasteiger partial charge in [-0.1, -0.05) is 24.3 Å². The van der Waals surface area contributed by atoms with Crippen molar-refractivity contribution in [2.24, 2.45) is 0 Å². The minimum atomic E-state index is -3.25. The second-order valence-electron chi connectivity index (χ2n) is 7.14. The van der Waals surface area contributed by atoms with E-state index in [1.807, 2.05) is 12.1 Å². The van der Waals surface area contributed by atoms with Crippen molar-refractivity contribution in [2.75, 3.05) is 19.3 Å². The van der Waals surface area contributed by atoms with E-state index in [0.717, 1.165) is 17.6 Å². The molecule has 0 bridgehead atoms. The Kier molecular flexibility index (Phi) is 4.59. The van der Waals surface area contributed by atoms with Crippen LogP contribution in [0.25, 0.3) is 10.9 Å². The third-order valence-corrected chi connectivity index (χ3v) is 7.15. The van der Waals surface area contributed by atoms with E-state index >= 15 is 0 Å². The average Bonchev–Trinajstić information content (AvgIpc) is 3.26. The lowest BCUT2D eigenvalue weighted by atomic mass is 10.0. The van der Waals surface area contributed by atoms with E-state index in [2.05, 4.69) is 35.3 Å². The van der Waals surface area contributed by atoms with Gasteiger partial charge >= 0.3 is 0 Å². The number of aromatic amines is 1. The molecule has 0 amide bonds. The van der Waals surface area contributed by atoms with Gasteiger partial charge in [0.15, 0.2) is 9.84 Å². The molecule has 26 heavy (non-hydrogen) atoms. The molecule has 1 aliphatic rings. The zero-order valence-electron chi connectivity index (χ0n) is 15.0. The fraction of sp³-hybridized carbons (Fsp3) is 0.333. The largest absolute Gasteiger partial charge is 0.361 e. The quantitative estimate of drug-likeness (QED) is 0.742. The van der Waals surface area contributed by atoms with Gasteiger partial charge in [0.25, 0.3) is 0 Å². The molecular formula is C21H24N2O2S. The molecule has 1 unspecified atom stereocenters. The molecule has 4 nitrogen and oxygen atoms in total. The number of nitrogens with zero attached hydrogens (tertiary/aromatic N) is 1. The molecular weight excluding hydrogens is 344 g/mol. The van der Waals surface area contributed by atoms with Crippen LogP contribution < -0.4 is 0 Å². The Morgan fingerprint density at radius 3 is 2.69 bits per heavy atom. The molecule has 5 heteroatoms. The molecule has 0 aliphatic carbocycles. The molecule has 1 aliphatic heterocycles. The Morgan fingerprint density at radius 1 is 1.15 bits per heavy atom. The van der Waals surface area contributed by atoms with E-state index in [0.29, 0.717) is 17.4 Å². The lowest BCUT2D eigenvalue weighted by Crippen LogP contribution is -2.17. The van der Waals surface area contributed by atoms with Gasteiger partial charge in [-0.25, -0.2) is 8.42 Å². The molecule has 1 N–H and O–H groups in total. The van der Waals surface area contributed by atoms with Crippen molar-refractivity contribution in [3.63, 3.8) is 0 Å². The predicted molar refractivity (Wildman–Crippen MR) is 105 cm³/mol. The third-order valence-electron chi connectivity index (χ3n) is 5.42. The number of nitrogens with one attached hydrogen (secondary N) is 1. The van der Waals surface area contributed by atoms with Gasteiger partial charge in [-0.05, 0) is 68.2 Å². The van der Waals surface area contributed by atoms with Crippen molar-refractivity contribution >= 4 is 20.7 Å². The first-order valence-corrected chi connectivity index (χ1v) is 10.8. The topological polar surface area (TPSA) is 53.2 Å². The second kappa shape index (κ2) is 6.89. The van der Waals surface area contributed by atoms with E-state index < -0.39 is 9.84 Å². The fourth-order valence-corrected chi connectivity index (χ4v) is 5.23. The highest BCUT2D eigenvalue weighted by Gasteiger charge is 2.25. The summed E-state index contributed by atoms with van der Waals surface area (Å²) in [4.78, 5) is 6.16. The number of H-pyrrole nitrogens is 1. The van der Waals surface area contributed by atoms with Gasteiger partial charge in [-0.2, -0.15) is 0 Å². The Labute approximate surface area is 154 Å². The zero-order chi connectivity index (χ0) is 18.1. The molecule has 3 aromatic rings. The van der Waals surface area contributed by atoms with Crippen molar-refractivity contribution in [3.8, 4) is 0 Å². The Bertz CT molecular complexity index is 1010. The van der Waals surface area contributed by atoms with Crippen LogP contribution in [0.15, 0.2) is 59.6 Å². The molecule has 1 atom stereocenters. The summed E-state index contributed by atoms with van der Waals surface area (Å²) in [6.45, 7) is 1.13. The summed E-state index contributed by atoms with van der Waals surface area (Å²) >= 11 is 0. The number of fused-ring (bicyclic) bond motifs is 1. The van der Waals surface area contributed by atoms with E-state index in [-0.39, 0.29) is 5.75 Å². The van der Waals surface area contributed by atoms with E-state index in [4.69, 9.17) is 0 Å². The van der Waals surface area contributed by atoms with Crippen LogP contribution in [-0.4, -0.2) is 37.6 Å². The van der Waals surface area contributed by atoms with Crippen LogP contribution in [0.5, 0.6) is 0 Å². The van der Waals surface area contributed by atoms with Crippen molar-refractivity contribution in [1.29, 1.82) is 0 Å². The summed E-state index contributed by atoms with van der Waals surface area (Å²) in [5, 5.41) is 1.22. The monoisotopic (exact) mass is 368 g/mol. The van der Waals surface area contributed by atoms with Crippen LogP contribution in [0.3, 0.4) is 0 Å². The molecule has 1 saturated heterocycles. The smallest absolute Gasteiger partial charge is 0.178 e. The van der Waals surface area contributed by atoms with Crippen LogP contribution in [-0.2, 0) is 16.3 Å². The lowest BCUT2D eigenvalue weighted by Gasteiger charge is -2.19. The molecule has 2 heterocycles. The molecule has 4 rings (SSSR count). The molecule has 2 aromatic carbocycles. The van der Waals surface area contributed by atoms with Crippen LogP contribution in [0.1, 0.15) is 30.0 Å². The van der Waals surface area contributed by atoms with Gasteiger partial charge < -0.3 is 4.98 Å². The van der Waals surface area contributed by atoms with Gasteiger partial charge in [-0.15, -0.1) is 0 Å². The van der Waals surface area contributed by atoms with Crippen molar-refractivity contribution in [3.05, 3.63) is 65.9 Å². The zero-order valence-corrected chi connectivity index (χ0v) is 15.8. The average molecular weight is 369 g/mol. The molecule has 0 saturated carbocycles. The first-order valence-electron chi connectivity index (χ1n) is 9.12. The molecule has 0 spiro atoms. The van der Waals surface area contributed by atoms with Crippen molar-refractivity contribution in [1.82, 2.24) is 9.88 Å². The Morgan fingerprint density at radius 2 is 1.96 bits per heavy atom. The summed E-state index contributed by atoms with van der Waals surface area (Å²) in [5.74, 6) is 0.131. The van der Waals surface area contributed by atoms with Gasteiger partial charge in [0.2, 0.25) is 0 Å². The number of hydrogen-bond donors (Lipinski definition) is 1. The molecule has 1 aromatic heterocycles. The number of rotatable bonds is 5. The number of sulfone groups is 1. The number of aryl methyl sites for hydroxylation is 1. The first kappa shape index (κ1) is 17.3. The van der Waals surface area contributed by atoms with Gasteiger partial charge in [0.1, 0.15) is 0 Å². The minimum Gasteiger partial charge on any atom is -0.361 e. The summed E-state index contributed by atoms with van der Waals surface area (Å²) in [7, 11) is -1.08. The maximum atomic E-state index is 12.5. The third kappa shape index (κ3) is 3.29. The van der Waals surface area contributed by atoms with Gasteiger partial charge in [-0.3, -0.25) is 4.90 Å². The highest BCUT2D eigenvalue weighted by molar-refractivity contribution is 7.91. The molecule has 0 radical (unpaired) electrons. The summed E-state index contributed by atoms with van der Waals surface area (Å²) in [5.41, 5.74) is 3.52. The Hall–Kier alpha value is -2.11. The van der Waals surface area contributed by atoms with Crippen LogP contribution >= 0.6 is 0 Å². The van der Waals surface area contributed by atoms with Crippen LogP contribution in [0.4, 0.5) is 0 Å². The highest BCUT2D eigenvalue weighted by Crippen LogP contribution is 2.35. The maximum Gasteiger partial charge on any atom is 0.178 e. The van der Waals surface area contributed by atoms with Crippen molar-refractivity contribution < 1.29 is 8.42 Å². The summed E-state index contributed by atoms with van der Waals surface area (Å²) < 4.78 is 25.1. The lowest BCUT2D eigenvalue weighted by molar-refractivity contribution is 0.319. The Balaban J connectivity index is 1.58. The van der Waals surface area contributed by atoms with E-state index in [1.165, 1.54) is 23.8 Å². The summed E-state index contributed by atoms with van der Waals surface area (Å²) in [6.07, 6.45) is 5.04. The molecule has 1 fully saturated rings. The predicted octanol–water partition coefficient (Wildman–Crippen LogP) is 3.95. The maximum absolute atomic E-state index is 12.5. The van der Waals surface area contributed by atoms with Gasteiger partial charge in [0, 0.05) is 23.1 Å². The first-order chi connectivity index (χ1) is 12.5. The number of aromatic nitrogens is 1. The van der Waals surface area contributed by atoms with Gasteiger partial charge in [0.05, 0.1) is 10.6 Å². The summed E-state index contributed by atoms with van der Waals surface area (Å²) in [6, 6.07) is 15.4. The standard InChI is InChI=1S/C21H24N2O2S/c1-23-12-5-8-21(23)19-15-22-20-10-9-16(14-18(19)20)11-13-26(24,25)17-6-3-2-4-7-17/h2-4,6-7,9-10,14-15,21-22H,5,8,11-13H2,1H3. The van der Waals surface area contributed by atoms with Crippen LogP contribution in [0.2, 0.25) is 0 Å². The normalized spacial score (nSPS) is 18.6. The minimum absolute atomic E-state index is 0.131. The van der Waals surface area contributed by atoms with Crippen molar-refractivity contribution in [2.45, 2.75) is 30.2 Å².